The van der Waals surface area contributed by atoms with Gasteiger partial charge in [0.1, 0.15) is 23.5 Å². The van der Waals surface area contributed by atoms with Crippen molar-refractivity contribution in [2.45, 2.75) is 10.9 Å². The zero-order chi connectivity index (χ0) is 14.8. The average molecular weight is 299 g/mol. The van der Waals surface area contributed by atoms with Crippen molar-refractivity contribution in [3.05, 3.63) is 29.6 Å². The summed E-state index contributed by atoms with van der Waals surface area (Å²) in [5, 5.41) is 17.2. The Morgan fingerprint density at radius 2 is 1.74 bits per heavy atom. The number of carboxylic acids is 1. The number of aliphatic hydroxyl groups is 1. The van der Waals surface area contributed by atoms with Gasteiger partial charge in [-0.2, -0.15) is 4.72 Å². The molecule has 0 amide bonds. The number of rotatable bonds is 5. The molecular weight excluding hydrogens is 291 g/mol. The number of benzene rings is 1. The van der Waals surface area contributed by atoms with Gasteiger partial charge in [0.25, 0.3) is 0 Å². The summed E-state index contributed by atoms with van der Waals surface area (Å²) in [6.07, 6.45) is 0. The topological polar surface area (TPSA) is 104 Å². The van der Waals surface area contributed by atoms with Gasteiger partial charge in [0.05, 0.1) is 6.61 Å². The first-order valence-electron chi connectivity index (χ1n) is 4.69. The van der Waals surface area contributed by atoms with E-state index >= 15 is 0 Å². The Morgan fingerprint density at radius 3 is 2.11 bits per heavy atom. The molecule has 10 heteroatoms. The van der Waals surface area contributed by atoms with Crippen molar-refractivity contribution in [1.82, 2.24) is 4.72 Å². The van der Waals surface area contributed by atoms with E-state index in [1.54, 1.807) is 0 Å². The largest absolute Gasteiger partial charge is 0.480 e. The molecule has 19 heavy (non-hydrogen) atoms. The van der Waals surface area contributed by atoms with E-state index in [9.17, 15) is 26.4 Å². The fraction of sp³-hybridized carbons (Fsp3) is 0.222. The minimum atomic E-state index is -4.90. The van der Waals surface area contributed by atoms with Gasteiger partial charge >= 0.3 is 5.97 Å². The van der Waals surface area contributed by atoms with Gasteiger partial charge in [0, 0.05) is 12.1 Å². The Balaban J connectivity index is 3.25. The Bertz CT molecular complexity index is 581. The highest BCUT2D eigenvalue weighted by atomic mass is 32.2. The molecule has 1 aromatic carbocycles. The van der Waals surface area contributed by atoms with Gasteiger partial charge in [0.15, 0.2) is 4.90 Å². The summed E-state index contributed by atoms with van der Waals surface area (Å²) in [4.78, 5) is 9.01. The molecule has 0 radical (unpaired) electrons. The third kappa shape index (κ3) is 3.43. The van der Waals surface area contributed by atoms with Gasteiger partial charge in [-0.3, -0.25) is 4.79 Å². The molecule has 0 heterocycles. The summed E-state index contributed by atoms with van der Waals surface area (Å²) >= 11 is 0. The predicted octanol–water partition coefficient (Wildman–Crippen LogP) is -0.172. The summed E-state index contributed by atoms with van der Waals surface area (Å²) in [7, 11) is -4.90. The number of hydrogen-bond acceptors (Lipinski definition) is 4. The average Bonchev–Trinajstić information content (AvgIpc) is 2.23. The number of nitrogens with one attached hydrogen (secondary N) is 1. The van der Waals surface area contributed by atoms with E-state index in [-0.39, 0.29) is 12.1 Å². The van der Waals surface area contributed by atoms with E-state index in [4.69, 9.17) is 10.2 Å². The Labute approximate surface area is 105 Å². The highest BCUT2D eigenvalue weighted by Gasteiger charge is 2.30. The summed E-state index contributed by atoms with van der Waals surface area (Å²) < 4.78 is 63.7. The zero-order valence-electron chi connectivity index (χ0n) is 9.10. The second-order valence-corrected chi connectivity index (χ2v) is 5.04. The summed E-state index contributed by atoms with van der Waals surface area (Å²) in [6.45, 7) is -1.13. The minimum absolute atomic E-state index is 0.131. The van der Waals surface area contributed by atoms with Gasteiger partial charge in [-0.1, -0.05) is 0 Å². The Kier molecular flexibility index (Phi) is 4.50. The number of hydrogen-bond donors (Lipinski definition) is 3. The van der Waals surface area contributed by atoms with Gasteiger partial charge in [-0.25, -0.2) is 21.6 Å². The van der Waals surface area contributed by atoms with E-state index in [1.807, 2.05) is 0 Å². The zero-order valence-corrected chi connectivity index (χ0v) is 9.92. The second-order valence-electron chi connectivity index (χ2n) is 3.39. The van der Waals surface area contributed by atoms with Crippen molar-refractivity contribution in [2.24, 2.45) is 0 Å². The standard InChI is InChI=1S/C9H8F3NO5S/c10-4-1-5(11)8(6(12)2-4)19(17,18)13-7(3-14)9(15)16/h1-2,7,13-14H,3H2,(H,15,16)/t7-/m1/s1. The Hall–Kier alpha value is -1.65. The molecule has 1 rings (SSSR count). The first kappa shape index (κ1) is 15.4. The molecule has 1 atom stereocenters. The lowest BCUT2D eigenvalue weighted by Gasteiger charge is -2.13. The SMILES string of the molecule is O=C(O)[C@@H](CO)NS(=O)(=O)c1c(F)cc(F)cc1F. The van der Waals surface area contributed by atoms with Crippen LogP contribution in [0.5, 0.6) is 0 Å². The molecule has 0 saturated heterocycles. The summed E-state index contributed by atoms with van der Waals surface area (Å²) in [5.74, 6) is -6.50. The summed E-state index contributed by atoms with van der Waals surface area (Å²) in [6, 6.07) is -1.72. The summed E-state index contributed by atoms with van der Waals surface area (Å²) in [5.41, 5.74) is 0. The lowest BCUT2D eigenvalue weighted by atomic mass is 10.3. The molecule has 0 fully saturated rings. The number of carbonyl (C=O) groups is 1. The van der Waals surface area contributed by atoms with Crippen LogP contribution in [0.1, 0.15) is 0 Å². The quantitative estimate of drug-likeness (QED) is 0.700. The van der Waals surface area contributed by atoms with Crippen LogP contribution < -0.4 is 4.72 Å². The maximum absolute atomic E-state index is 13.3. The molecule has 0 aliphatic carbocycles. The first-order valence-corrected chi connectivity index (χ1v) is 6.18. The van der Waals surface area contributed by atoms with E-state index in [0.29, 0.717) is 0 Å². The maximum Gasteiger partial charge on any atom is 0.324 e. The number of halogens is 3. The molecule has 0 spiro atoms. The molecule has 0 saturated carbocycles. The molecule has 0 aliphatic heterocycles. The highest BCUT2D eigenvalue weighted by molar-refractivity contribution is 7.89. The number of carboxylic acid groups (broad SMARTS) is 1. The molecule has 1 aromatic rings. The smallest absolute Gasteiger partial charge is 0.324 e. The highest BCUT2D eigenvalue weighted by Crippen LogP contribution is 2.20. The Morgan fingerprint density at radius 1 is 1.26 bits per heavy atom. The third-order valence-electron chi connectivity index (χ3n) is 2.01. The van der Waals surface area contributed by atoms with Gasteiger partial charge in [-0.15, -0.1) is 0 Å². The van der Waals surface area contributed by atoms with Crippen LogP contribution in [-0.4, -0.2) is 37.2 Å². The molecule has 0 unspecified atom stereocenters. The molecular formula is C9H8F3NO5S. The van der Waals surface area contributed by atoms with Crippen LogP contribution in [0.4, 0.5) is 13.2 Å². The van der Waals surface area contributed by atoms with Crippen molar-refractivity contribution in [3.8, 4) is 0 Å². The van der Waals surface area contributed by atoms with Crippen LogP contribution >= 0.6 is 0 Å². The van der Waals surface area contributed by atoms with Crippen LogP contribution in [0.15, 0.2) is 17.0 Å². The lowest BCUT2D eigenvalue weighted by molar-refractivity contribution is -0.139. The number of aliphatic hydroxyl groups excluding tert-OH is 1. The van der Waals surface area contributed by atoms with Gasteiger partial charge in [0.2, 0.25) is 10.0 Å². The number of sulfonamides is 1. The van der Waals surface area contributed by atoms with Crippen molar-refractivity contribution in [2.75, 3.05) is 6.61 Å². The number of aliphatic carboxylic acids is 1. The van der Waals surface area contributed by atoms with Crippen LogP contribution in [0.25, 0.3) is 0 Å². The van der Waals surface area contributed by atoms with Crippen molar-refractivity contribution >= 4 is 16.0 Å². The maximum atomic E-state index is 13.3. The molecule has 0 aliphatic rings. The fourth-order valence-electron chi connectivity index (χ4n) is 1.20. The van der Waals surface area contributed by atoms with Gasteiger partial charge < -0.3 is 10.2 Å². The molecule has 106 valence electrons. The molecule has 0 aromatic heterocycles. The molecule has 3 N–H and O–H groups in total. The minimum Gasteiger partial charge on any atom is -0.480 e. The fourth-order valence-corrected chi connectivity index (χ4v) is 2.50. The van der Waals surface area contributed by atoms with Gasteiger partial charge in [-0.05, 0) is 0 Å². The van der Waals surface area contributed by atoms with E-state index in [1.165, 1.54) is 4.72 Å². The van der Waals surface area contributed by atoms with Crippen LogP contribution in [0.2, 0.25) is 0 Å². The van der Waals surface area contributed by atoms with E-state index in [2.05, 4.69) is 0 Å². The second kappa shape index (κ2) is 5.55. The van der Waals surface area contributed by atoms with Crippen LogP contribution in [0.3, 0.4) is 0 Å². The van der Waals surface area contributed by atoms with Crippen molar-refractivity contribution < 1.29 is 36.6 Å². The van der Waals surface area contributed by atoms with E-state index < -0.39 is 51.0 Å². The van der Waals surface area contributed by atoms with Crippen LogP contribution in [0, 0.1) is 17.5 Å². The van der Waals surface area contributed by atoms with Crippen molar-refractivity contribution in [1.29, 1.82) is 0 Å². The first-order chi connectivity index (χ1) is 8.69. The normalized spacial score (nSPS) is 13.3. The molecule has 0 bridgehead atoms. The van der Waals surface area contributed by atoms with Crippen LogP contribution in [-0.2, 0) is 14.8 Å². The van der Waals surface area contributed by atoms with Crippen molar-refractivity contribution in [3.63, 3.8) is 0 Å². The predicted molar refractivity (Wildman–Crippen MR) is 55.1 cm³/mol. The lowest BCUT2D eigenvalue weighted by Crippen LogP contribution is -2.43. The third-order valence-corrected chi connectivity index (χ3v) is 3.53. The molecule has 6 nitrogen and oxygen atoms in total. The monoisotopic (exact) mass is 299 g/mol. The van der Waals surface area contributed by atoms with E-state index in [0.717, 1.165) is 0 Å².